The summed E-state index contributed by atoms with van der Waals surface area (Å²) in [6.07, 6.45) is 7.72. The minimum absolute atomic E-state index is 0.727. The zero-order chi connectivity index (χ0) is 14.2. The average molecular weight is 283 g/mol. The third kappa shape index (κ3) is 2.15. The Labute approximate surface area is 122 Å². The number of imidazole rings is 1. The predicted molar refractivity (Wildman–Crippen MR) is 80.3 cm³/mol. The molecule has 7 heteroatoms. The minimum atomic E-state index is 0.727. The molecular formula is C14H17N7. The highest BCUT2D eigenvalue weighted by molar-refractivity contribution is 5.60. The highest BCUT2D eigenvalue weighted by atomic mass is 15.3. The highest BCUT2D eigenvalue weighted by Gasteiger charge is 2.15. The molecule has 0 radical (unpaired) electrons. The van der Waals surface area contributed by atoms with Gasteiger partial charge in [0.2, 0.25) is 5.78 Å². The number of rotatable bonds is 2. The van der Waals surface area contributed by atoms with Crippen molar-refractivity contribution in [3.8, 4) is 11.3 Å². The van der Waals surface area contributed by atoms with Crippen molar-refractivity contribution in [1.29, 1.82) is 0 Å². The molecule has 4 heterocycles. The van der Waals surface area contributed by atoms with Crippen LogP contribution in [0.1, 0.15) is 0 Å². The Hall–Kier alpha value is -2.41. The van der Waals surface area contributed by atoms with Crippen LogP contribution in [0.2, 0.25) is 0 Å². The zero-order valence-electron chi connectivity index (χ0n) is 11.9. The van der Waals surface area contributed by atoms with Crippen molar-refractivity contribution in [3.63, 3.8) is 0 Å². The van der Waals surface area contributed by atoms with Crippen molar-refractivity contribution in [1.82, 2.24) is 29.5 Å². The molecule has 1 fully saturated rings. The van der Waals surface area contributed by atoms with Crippen LogP contribution in [0.5, 0.6) is 0 Å². The van der Waals surface area contributed by atoms with Crippen molar-refractivity contribution in [2.45, 2.75) is 0 Å². The summed E-state index contributed by atoms with van der Waals surface area (Å²) in [5.41, 5.74) is 1.90. The number of hydrogen-bond acceptors (Lipinski definition) is 5. The number of hydrogen-bond donors (Lipinski definition) is 1. The van der Waals surface area contributed by atoms with E-state index in [1.807, 2.05) is 42.3 Å². The Morgan fingerprint density at radius 3 is 2.81 bits per heavy atom. The third-order valence-electron chi connectivity index (χ3n) is 3.80. The number of nitrogens with one attached hydrogen (secondary N) is 1. The summed E-state index contributed by atoms with van der Waals surface area (Å²) in [5.74, 6) is 1.83. The van der Waals surface area contributed by atoms with Crippen LogP contribution in [-0.4, -0.2) is 50.3 Å². The standard InChI is InChI=1S/C14H17N7/c1-19-10-11(8-17-19)12-2-5-21-13(9-16-14(21)18-12)20-6-3-15-4-7-20/h2,5,8-10,15H,3-4,6-7H2,1H3. The molecule has 1 saturated heterocycles. The Morgan fingerprint density at radius 2 is 2.05 bits per heavy atom. The lowest BCUT2D eigenvalue weighted by atomic mass is 10.2. The molecule has 1 aliphatic heterocycles. The Morgan fingerprint density at radius 1 is 1.19 bits per heavy atom. The predicted octanol–water partition coefficient (Wildman–Crippen LogP) is 0.539. The van der Waals surface area contributed by atoms with E-state index in [9.17, 15) is 0 Å². The second-order valence-electron chi connectivity index (χ2n) is 5.24. The lowest BCUT2D eigenvalue weighted by Gasteiger charge is -2.28. The van der Waals surface area contributed by atoms with Gasteiger partial charge in [-0.15, -0.1) is 0 Å². The van der Waals surface area contributed by atoms with Gasteiger partial charge in [0.25, 0.3) is 0 Å². The first-order valence-electron chi connectivity index (χ1n) is 7.10. The van der Waals surface area contributed by atoms with Crippen molar-refractivity contribution in [2.75, 3.05) is 31.1 Å². The van der Waals surface area contributed by atoms with Gasteiger partial charge in [0, 0.05) is 51.2 Å². The van der Waals surface area contributed by atoms with E-state index in [4.69, 9.17) is 0 Å². The van der Waals surface area contributed by atoms with Gasteiger partial charge < -0.3 is 10.2 Å². The second kappa shape index (κ2) is 4.85. The number of aryl methyl sites for hydroxylation is 1. The molecule has 0 spiro atoms. The van der Waals surface area contributed by atoms with Crippen LogP contribution in [0.25, 0.3) is 17.0 Å². The lowest BCUT2D eigenvalue weighted by Crippen LogP contribution is -2.44. The van der Waals surface area contributed by atoms with Crippen molar-refractivity contribution >= 4 is 11.6 Å². The van der Waals surface area contributed by atoms with Crippen molar-refractivity contribution in [2.24, 2.45) is 7.05 Å². The highest BCUT2D eigenvalue weighted by Crippen LogP contribution is 2.20. The van der Waals surface area contributed by atoms with Crippen LogP contribution in [0, 0.1) is 0 Å². The van der Waals surface area contributed by atoms with E-state index < -0.39 is 0 Å². The molecule has 21 heavy (non-hydrogen) atoms. The molecule has 4 rings (SSSR count). The largest absolute Gasteiger partial charge is 0.354 e. The number of anilines is 1. The first kappa shape index (κ1) is 12.3. The number of aromatic nitrogens is 5. The van der Waals surface area contributed by atoms with Crippen molar-refractivity contribution in [3.05, 3.63) is 30.9 Å². The van der Waals surface area contributed by atoms with Gasteiger partial charge in [0.15, 0.2) is 0 Å². The monoisotopic (exact) mass is 283 g/mol. The van der Waals surface area contributed by atoms with Crippen LogP contribution in [0.15, 0.2) is 30.9 Å². The van der Waals surface area contributed by atoms with E-state index in [2.05, 4.69) is 25.3 Å². The van der Waals surface area contributed by atoms with E-state index in [-0.39, 0.29) is 0 Å². The fourth-order valence-electron chi connectivity index (χ4n) is 2.70. The molecule has 0 atom stereocenters. The summed E-state index contributed by atoms with van der Waals surface area (Å²) in [6.45, 7) is 4.01. The Kier molecular flexibility index (Phi) is 2.85. The maximum Gasteiger partial charge on any atom is 0.235 e. The van der Waals surface area contributed by atoms with E-state index >= 15 is 0 Å². The molecular weight excluding hydrogens is 266 g/mol. The average Bonchev–Trinajstić information content (AvgIpc) is 3.13. The molecule has 1 aliphatic rings. The Balaban J connectivity index is 1.73. The summed E-state index contributed by atoms with van der Waals surface area (Å²) in [7, 11) is 1.90. The quantitative estimate of drug-likeness (QED) is 0.744. The summed E-state index contributed by atoms with van der Waals surface area (Å²) >= 11 is 0. The number of fused-ring (bicyclic) bond motifs is 1. The van der Waals surface area contributed by atoms with Crippen molar-refractivity contribution < 1.29 is 0 Å². The number of nitrogens with zero attached hydrogens (tertiary/aromatic N) is 6. The van der Waals surface area contributed by atoms with Gasteiger partial charge in [-0.25, -0.2) is 9.97 Å². The van der Waals surface area contributed by atoms with Crippen LogP contribution >= 0.6 is 0 Å². The molecule has 3 aromatic rings. The van der Waals surface area contributed by atoms with E-state index in [1.54, 1.807) is 4.68 Å². The summed E-state index contributed by atoms with van der Waals surface area (Å²) in [6, 6.07) is 2.01. The SMILES string of the molecule is Cn1cc(-c2ccn3c(N4CCNCC4)cnc3n2)cn1. The topological polar surface area (TPSA) is 63.3 Å². The van der Waals surface area contributed by atoms with E-state index in [0.717, 1.165) is 49.0 Å². The number of piperazine rings is 1. The molecule has 0 aromatic carbocycles. The molecule has 3 aromatic heterocycles. The second-order valence-corrected chi connectivity index (χ2v) is 5.24. The first-order chi connectivity index (χ1) is 10.3. The normalized spacial score (nSPS) is 15.8. The summed E-state index contributed by atoms with van der Waals surface area (Å²) in [4.78, 5) is 11.4. The van der Waals surface area contributed by atoms with Crippen LogP contribution < -0.4 is 10.2 Å². The fraction of sp³-hybridized carbons (Fsp3) is 0.357. The van der Waals surface area contributed by atoms with E-state index in [0.29, 0.717) is 0 Å². The van der Waals surface area contributed by atoms with Crippen LogP contribution in [0.3, 0.4) is 0 Å². The minimum Gasteiger partial charge on any atom is -0.354 e. The van der Waals surface area contributed by atoms with Gasteiger partial charge in [-0.05, 0) is 6.07 Å². The van der Waals surface area contributed by atoms with Gasteiger partial charge >= 0.3 is 0 Å². The summed E-state index contributed by atoms with van der Waals surface area (Å²) < 4.78 is 3.82. The fourth-order valence-corrected chi connectivity index (χ4v) is 2.70. The summed E-state index contributed by atoms with van der Waals surface area (Å²) in [5, 5.41) is 7.55. The lowest BCUT2D eigenvalue weighted by molar-refractivity contribution is 0.584. The van der Waals surface area contributed by atoms with Crippen LogP contribution in [0.4, 0.5) is 5.82 Å². The smallest absolute Gasteiger partial charge is 0.235 e. The molecule has 108 valence electrons. The molecule has 0 amide bonds. The third-order valence-corrected chi connectivity index (χ3v) is 3.80. The molecule has 0 aliphatic carbocycles. The maximum atomic E-state index is 4.63. The first-order valence-corrected chi connectivity index (χ1v) is 7.10. The zero-order valence-corrected chi connectivity index (χ0v) is 11.9. The van der Waals surface area contributed by atoms with Gasteiger partial charge in [-0.3, -0.25) is 9.08 Å². The van der Waals surface area contributed by atoms with Gasteiger partial charge in [0.1, 0.15) is 5.82 Å². The Bertz CT molecular complexity index is 767. The molecule has 1 N–H and O–H groups in total. The van der Waals surface area contributed by atoms with Gasteiger partial charge in [-0.1, -0.05) is 0 Å². The molecule has 7 nitrogen and oxygen atoms in total. The molecule has 0 saturated carbocycles. The molecule has 0 bridgehead atoms. The van der Waals surface area contributed by atoms with Crippen LogP contribution in [-0.2, 0) is 7.05 Å². The molecule has 0 unspecified atom stereocenters. The van der Waals surface area contributed by atoms with Gasteiger partial charge in [0.05, 0.1) is 18.1 Å². The van der Waals surface area contributed by atoms with E-state index in [1.165, 1.54) is 0 Å². The van der Waals surface area contributed by atoms with Gasteiger partial charge in [-0.2, -0.15) is 5.10 Å². The maximum absolute atomic E-state index is 4.63.